The molecule has 0 aromatic heterocycles. The van der Waals surface area contributed by atoms with Crippen molar-refractivity contribution in [2.75, 3.05) is 11.5 Å². The van der Waals surface area contributed by atoms with E-state index in [1.54, 1.807) is 0 Å². The van der Waals surface area contributed by atoms with Crippen LogP contribution in [0.4, 0.5) is 0 Å². The maximum atomic E-state index is 2.28. The molecule has 0 bridgehead atoms. The standard InChI is InChI=1S/C13H20S/c1-4-12(10-14-5-2)13-8-6-11(3)7-9-13/h6-9,12H,4-5,10H2,1-3H3. The molecule has 0 aliphatic carbocycles. The molecule has 1 atom stereocenters. The summed E-state index contributed by atoms with van der Waals surface area (Å²) in [7, 11) is 0. The molecule has 1 rings (SSSR count). The number of hydrogen-bond donors (Lipinski definition) is 0. The second-order valence-electron chi connectivity index (χ2n) is 3.68. The zero-order valence-corrected chi connectivity index (χ0v) is 10.2. The van der Waals surface area contributed by atoms with Gasteiger partial charge in [0.25, 0.3) is 0 Å². The van der Waals surface area contributed by atoms with Gasteiger partial charge in [-0.3, -0.25) is 0 Å². The summed E-state index contributed by atoms with van der Waals surface area (Å²) in [5.74, 6) is 3.22. The van der Waals surface area contributed by atoms with Crippen molar-refractivity contribution in [3.8, 4) is 0 Å². The van der Waals surface area contributed by atoms with E-state index in [4.69, 9.17) is 0 Å². The van der Waals surface area contributed by atoms with Crippen LogP contribution in [-0.2, 0) is 0 Å². The first kappa shape index (κ1) is 11.6. The number of aryl methyl sites for hydroxylation is 1. The van der Waals surface area contributed by atoms with Crippen molar-refractivity contribution in [3.05, 3.63) is 35.4 Å². The first-order chi connectivity index (χ1) is 6.77. The lowest BCUT2D eigenvalue weighted by molar-refractivity contribution is 0.744. The van der Waals surface area contributed by atoms with Gasteiger partial charge in [0, 0.05) is 5.75 Å². The van der Waals surface area contributed by atoms with E-state index in [2.05, 4.69) is 45.0 Å². The Morgan fingerprint density at radius 1 is 1.14 bits per heavy atom. The van der Waals surface area contributed by atoms with Gasteiger partial charge in [-0.2, -0.15) is 11.8 Å². The fourth-order valence-electron chi connectivity index (χ4n) is 1.55. The number of thioether (sulfide) groups is 1. The van der Waals surface area contributed by atoms with Crippen LogP contribution in [0.3, 0.4) is 0 Å². The molecule has 78 valence electrons. The SMILES string of the molecule is CCSCC(CC)c1ccc(C)cc1. The van der Waals surface area contributed by atoms with E-state index in [9.17, 15) is 0 Å². The van der Waals surface area contributed by atoms with Gasteiger partial charge < -0.3 is 0 Å². The Hall–Kier alpha value is -0.430. The van der Waals surface area contributed by atoms with E-state index in [1.807, 2.05) is 11.8 Å². The molecule has 0 aliphatic heterocycles. The highest BCUT2D eigenvalue weighted by atomic mass is 32.2. The third-order valence-corrected chi connectivity index (χ3v) is 3.61. The fraction of sp³-hybridized carbons (Fsp3) is 0.538. The summed E-state index contributed by atoms with van der Waals surface area (Å²) in [6, 6.07) is 8.99. The molecule has 0 spiro atoms. The minimum Gasteiger partial charge on any atom is -0.162 e. The zero-order valence-electron chi connectivity index (χ0n) is 9.42. The van der Waals surface area contributed by atoms with Crippen molar-refractivity contribution in [2.45, 2.75) is 33.1 Å². The van der Waals surface area contributed by atoms with Gasteiger partial charge in [-0.05, 0) is 30.6 Å². The molecule has 14 heavy (non-hydrogen) atoms. The van der Waals surface area contributed by atoms with Crippen LogP contribution in [0.2, 0.25) is 0 Å². The third-order valence-electron chi connectivity index (χ3n) is 2.56. The van der Waals surface area contributed by atoms with Crippen molar-refractivity contribution in [1.82, 2.24) is 0 Å². The van der Waals surface area contributed by atoms with Crippen LogP contribution < -0.4 is 0 Å². The van der Waals surface area contributed by atoms with E-state index in [-0.39, 0.29) is 0 Å². The summed E-state index contributed by atoms with van der Waals surface area (Å²) in [6.45, 7) is 6.65. The molecule has 0 nitrogen and oxygen atoms in total. The Bertz CT molecular complexity index is 250. The van der Waals surface area contributed by atoms with Crippen LogP contribution in [0.5, 0.6) is 0 Å². The molecule has 0 heterocycles. The van der Waals surface area contributed by atoms with Gasteiger partial charge in [0.1, 0.15) is 0 Å². The fourth-order valence-corrected chi connectivity index (χ4v) is 2.50. The molecule has 0 saturated carbocycles. The monoisotopic (exact) mass is 208 g/mol. The van der Waals surface area contributed by atoms with E-state index in [0.29, 0.717) is 0 Å². The second-order valence-corrected chi connectivity index (χ2v) is 4.99. The Labute approximate surface area is 92.1 Å². The highest BCUT2D eigenvalue weighted by molar-refractivity contribution is 7.99. The maximum Gasteiger partial charge on any atom is 0.000126 e. The predicted molar refractivity (Wildman–Crippen MR) is 67.2 cm³/mol. The Kier molecular flexibility index (Phi) is 5.10. The molecule has 0 saturated heterocycles. The molecule has 0 aliphatic rings. The van der Waals surface area contributed by atoms with Gasteiger partial charge in [0.2, 0.25) is 0 Å². The second kappa shape index (κ2) is 6.13. The highest BCUT2D eigenvalue weighted by Gasteiger charge is 2.07. The summed E-state index contributed by atoms with van der Waals surface area (Å²) in [5.41, 5.74) is 2.85. The molecule has 1 aromatic carbocycles. The van der Waals surface area contributed by atoms with Crippen LogP contribution in [0.25, 0.3) is 0 Å². The summed E-state index contributed by atoms with van der Waals surface area (Å²) in [4.78, 5) is 0. The van der Waals surface area contributed by atoms with Gasteiger partial charge in [-0.25, -0.2) is 0 Å². The smallest absolute Gasteiger partial charge is 0.000126 e. The van der Waals surface area contributed by atoms with Gasteiger partial charge in [0.05, 0.1) is 0 Å². The largest absolute Gasteiger partial charge is 0.162 e. The number of rotatable bonds is 5. The first-order valence-electron chi connectivity index (χ1n) is 5.42. The number of hydrogen-bond acceptors (Lipinski definition) is 1. The predicted octanol–water partition coefficient (Wildman–Crippen LogP) is 4.24. The normalized spacial score (nSPS) is 12.8. The van der Waals surface area contributed by atoms with Crippen LogP contribution in [0.15, 0.2) is 24.3 Å². The average Bonchev–Trinajstić information content (AvgIpc) is 2.21. The lowest BCUT2D eigenvalue weighted by Crippen LogP contribution is -2.00. The lowest BCUT2D eigenvalue weighted by atomic mass is 9.98. The Morgan fingerprint density at radius 3 is 2.29 bits per heavy atom. The highest BCUT2D eigenvalue weighted by Crippen LogP contribution is 2.24. The molecular weight excluding hydrogens is 188 g/mol. The third kappa shape index (κ3) is 3.38. The van der Waals surface area contributed by atoms with Crippen molar-refractivity contribution in [2.24, 2.45) is 0 Å². The van der Waals surface area contributed by atoms with E-state index >= 15 is 0 Å². The van der Waals surface area contributed by atoms with Crippen LogP contribution in [0, 0.1) is 6.92 Å². The van der Waals surface area contributed by atoms with Crippen molar-refractivity contribution < 1.29 is 0 Å². The summed E-state index contributed by atoms with van der Waals surface area (Å²) in [5, 5.41) is 0. The van der Waals surface area contributed by atoms with Crippen LogP contribution in [0.1, 0.15) is 37.3 Å². The minimum absolute atomic E-state index is 0.737. The number of benzene rings is 1. The Balaban J connectivity index is 2.64. The summed E-state index contributed by atoms with van der Waals surface area (Å²) in [6.07, 6.45) is 1.25. The molecule has 1 unspecified atom stereocenters. The van der Waals surface area contributed by atoms with Gasteiger partial charge in [0.15, 0.2) is 0 Å². The van der Waals surface area contributed by atoms with Crippen molar-refractivity contribution >= 4 is 11.8 Å². The molecule has 0 radical (unpaired) electrons. The quantitative estimate of drug-likeness (QED) is 0.697. The molecule has 0 amide bonds. The zero-order chi connectivity index (χ0) is 10.4. The van der Waals surface area contributed by atoms with E-state index in [1.165, 1.54) is 29.1 Å². The molecule has 1 heteroatoms. The molecular formula is C13H20S. The molecule has 0 N–H and O–H groups in total. The topological polar surface area (TPSA) is 0 Å². The molecule has 0 fully saturated rings. The van der Waals surface area contributed by atoms with Crippen molar-refractivity contribution in [3.63, 3.8) is 0 Å². The average molecular weight is 208 g/mol. The minimum atomic E-state index is 0.737. The maximum absolute atomic E-state index is 2.28. The van der Waals surface area contributed by atoms with E-state index < -0.39 is 0 Å². The summed E-state index contributed by atoms with van der Waals surface area (Å²) >= 11 is 2.04. The van der Waals surface area contributed by atoms with Gasteiger partial charge in [-0.1, -0.05) is 43.7 Å². The van der Waals surface area contributed by atoms with E-state index in [0.717, 1.165) is 5.92 Å². The Morgan fingerprint density at radius 2 is 1.79 bits per heavy atom. The molecule has 1 aromatic rings. The lowest BCUT2D eigenvalue weighted by Gasteiger charge is -2.14. The van der Waals surface area contributed by atoms with Crippen LogP contribution >= 0.6 is 11.8 Å². The first-order valence-corrected chi connectivity index (χ1v) is 6.57. The van der Waals surface area contributed by atoms with Gasteiger partial charge in [-0.15, -0.1) is 0 Å². The van der Waals surface area contributed by atoms with Crippen molar-refractivity contribution in [1.29, 1.82) is 0 Å². The van der Waals surface area contributed by atoms with Crippen LogP contribution in [-0.4, -0.2) is 11.5 Å². The summed E-state index contributed by atoms with van der Waals surface area (Å²) < 4.78 is 0. The van der Waals surface area contributed by atoms with Gasteiger partial charge >= 0.3 is 0 Å².